The number of ether oxygens (including phenoxy) is 2. The number of hydrogen-bond donors (Lipinski definition) is 3. The van der Waals surface area contributed by atoms with E-state index in [1.807, 2.05) is 4.72 Å². The molecule has 65 heavy (non-hydrogen) atoms. The lowest BCUT2D eigenvalue weighted by Gasteiger charge is -2.36. The van der Waals surface area contributed by atoms with Gasteiger partial charge in [0.15, 0.2) is 5.82 Å². The monoisotopic (exact) mass is 914 g/mol. The second-order valence-electron chi connectivity index (χ2n) is 16.0. The van der Waals surface area contributed by atoms with E-state index < -0.39 is 81.3 Å². The number of ketones is 1. The molecule has 0 saturated carbocycles. The van der Waals surface area contributed by atoms with Crippen LogP contribution in [0.2, 0.25) is 0 Å². The van der Waals surface area contributed by atoms with Crippen LogP contribution in [0.25, 0.3) is 22.2 Å². The highest BCUT2D eigenvalue weighted by Crippen LogP contribution is 2.38. The van der Waals surface area contributed by atoms with Crippen LogP contribution < -0.4 is 24.4 Å². The van der Waals surface area contributed by atoms with E-state index in [1.54, 1.807) is 48.7 Å². The number of alkyl halides is 1. The molecule has 0 bridgehead atoms. The SMILES string of the molecule is COc1cc(N2CCN(CCOc3ccc(-c4cnc5[nH]cc(C(=O)c6c(F)ccc(NS(=O)(=O)N7CC[C@@H](F)C7)c6F)c5c4)cc3)CC2)cc2c1C(=O)N(C1CCC(=O)NC1=O)C2=O. The van der Waals surface area contributed by atoms with E-state index >= 15 is 8.78 Å². The summed E-state index contributed by atoms with van der Waals surface area (Å²) in [6.45, 7) is 3.07. The van der Waals surface area contributed by atoms with E-state index in [4.69, 9.17) is 9.47 Å². The zero-order valence-electron chi connectivity index (χ0n) is 34.7. The second-order valence-corrected chi connectivity index (χ2v) is 17.7. The molecule has 1 unspecified atom stereocenters. The number of fused-ring (bicyclic) bond motifs is 2. The summed E-state index contributed by atoms with van der Waals surface area (Å²) in [7, 11) is -2.97. The van der Waals surface area contributed by atoms with Crippen molar-refractivity contribution in [3.05, 3.63) is 101 Å². The van der Waals surface area contributed by atoms with Gasteiger partial charge in [0, 0.05) is 92.9 Å². The van der Waals surface area contributed by atoms with E-state index in [1.165, 1.54) is 13.3 Å². The molecule has 0 radical (unpaired) electrons. The number of H-pyrrole nitrogens is 1. The molecule has 3 aromatic carbocycles. The average Bonchev–Trinajstić information content (AvgIpc) is 4.00. The van der Waals surface area contributed by atoms with E-state index in [-0.39, 0.29) is 59.3 Å². The largest absolute Gasteiger partial charge is 0.496 e. The number of methoxy groups -OCH3 is 1. The Hall–Kier alpha value is -6.84. The van der Waals surface area contributed by atoms with Crippen molar-refractivity contribution in [1.29, 1.82) is 0 Å². The Morgan fingerprint density at radius 2 is 1.71 bits per heavy atom. The molecule has 21 heteroatoms. The number of carbonyl (C=O) groups excluding carboxylic acids is 5. The first-order valence-electron chi connectivity index (χ1n) is 20.8. The zero-order chi connectivity index (χ0) is 45.7. The number of imide groups is 2. The maximum atomic E-state index is 15.7. The van der Waals surface area contributed by atoms with Crippen molar-refractivity contribution in [1.82, 2.24) is 29.4 Å². The van der Waals surface area contributed by atoms with Crippen LogP contribution in [0.3, 0.4) is 0 Å². The number of carbonyl (C=O) groups is 5. The van der Waals surface area contributed by atoms with Crippen LogP contribution in [0.4, 0.5) is 24.5 Å². The molecule has 2 atom stereocenters. The van der Waals surface area contributed by atoms with Crippen LogP contribution in [0, 0.1) is 11.6 Å². The van der Waals surface area contributed by atoms with Crippen LogP contribution in [0.5, 0.6) is 11.5 Å². The fourth-order valence-electron chi connectivity index (χ4n) is 8.59. The molecule has 3 saturated heterocycles. The predicted molar refractivity (Wildman–Crippen MR) is 229 cm³/mol. The van der Waals surface area contributed by atoms with Crippen LogP contribution in [0.15, 0.2) is 67.0 Å². The number of hydrogen-bond acceptors (Lipinski definition) is 12. The number of piperidine rings is 1. The molecule has 0 aliphatic carbocycles. The number of anilines is 2. The summed E-state index contributed by atoms with van der Waals surface area (Å²) in [5.74, 6) is -5.21. The molecule has 5 aromatic rings. The molecule has 338 valence electrons. The molecule has 6 heterocycles. The van der Waals surface area contributed by atoms with Gasteiger partial charge in [0.25, 0.3) is 11.8 Å². The maximum Gasteiger partial charge on any atom is 0.301 e. The number of piperazine rings is 1. The standard InChI is InChI=1S/C44H41F3N8O9S/c1-63-35-20-27(19-30-37(35)44(60)55(43(30)59)34-8-9-36(56)50-42(34)58)53-14-12-52(13-15-53)16-17-64-28-4-2-24(3-5-28)25-18-29-31(22-49-41(29)48-21-25)40(57)38-32(46)6-7-33(39(38)47)51-65(61,62)54-11-10-26(45)23-54/h2-7,18-22,26,34,51H,8-17,23H2,1H3,(H,48,49)(H,50,56,58)/t26-,34?/m1/s1. The number of halogens is 3. The lowest BCUT2D eigenvalue weighted by Crippen LogP contribution is -2.54. The molecular weight excluding hydrogens is 874 g/mol. The molecule has 4 amide bonds. The fourth-order valence-corrected chi connectivity index (χ4v) is 9.85. The summed E-state index contributed by atoms with van der Waals surface area (Å²) in [6, 6.07) is 12.7. The van der Waals surface area contributed by atoms with Gasteiger partial charge in [-0.15, -0.1) is 0 Å². The van der Waals surface area contributed by atoms with Gasteiger partial charge in [-0.3, -0.25) is 43.8 Å². The Balaban J connectivity index is 0.809. The van der Waals surface area contributed by atoms with E-state index in [0.29, 0.717) is 61.9 Å². The molecule has 0 spiro atoms. The topological polar surface area (TPSA) is 204 Å². The number of pyridine rings is 1. The summed E-state index contributed by atoms with van der Waals surface area (Å²) < 4.78 is 84.5. The third kappa shape index (κ3) is 8.25. The molecule has 2 aromatic heterocycles. The van der Waals surface area contributed by atoms with Gasteiger partial charge in [0.05, 0.1) is 29.5 Å². The first-order valence-corrected chi connectivity index (χ1v) is 22.2. The van der Waals surface area contributed by atoms with E-state index in [2.05, 4.69) is 25.1 Å². The first-order chi connectivity index (χ1) is 31.2. The maximum absolute atomic E-state index is 15.7. The van der Waals surface area contributed by atoms with Crippen molar-refractivity contribution in [2.45, 2.75) is 31.5 Å². The lowest BCUT2D eigenvalue weighted by atomic mass is 10.00. The molecule has 3 fully saturated rings. The van der Waals surface area contributed by atoms with Gasteiger partial charge < -0.3 is 19.4 Å². The van der Waals surface area contributed by atoms with Crippen molar-refractivity contribution in [3.63, 3.8) is 0 Å². The fraction of sp³-hybridized carbons (Fsp3) is 0.318. The third-order valence-electron chi connectivity index (χ3n) is 12.1. The Kier molecular flexibility index (Phi) is 11.5. The van der Waals surface area contributed by atoms with Crippen LogP contribution in [-0.4, -0.2) is 134 Å². The number of aromatic amines is 1. The summed E-state index contributed by atoms with van der Waals surface area (Å²) in [4.78, 5) is 77.3. The number of amides is 4. The van der Waals surface area contributed by atoms with Crippen molar-refractivity contribution >= 4 is 62.0 Å². The van der Waals surface area contributed by atoms with Crippen molar-refractivity contribution < 1.29 is 55.0 Å². The van der Waals surface area contributed by atoms with Gasteiger partial charge in [-0.25, -0.2) is 18.2 Å². The van der Waals surface area contributed by atoms with Crippen molar-refractivity contribution in [2.75, 3.05) is 69.2 Å². The van der Waals surface area contributed by atoms with Gasteiger partial charge in [-0.05, 0) is 54.8 Å². The quantitative estimate of drug-likeness (QED) is 0.113. The highest BCUT2D eigenvalue weighted by molar-refractivity contribution is 7.90. The zero-order valence-corrected chi connectivity index (χ0v) is 35.6. The van der Waals surface area contributed by atoms with Gasteiger partial charge in [0.1, 0.15) is 41.8 Å². The van der Waals surface area contributed by atoms with Crippen LogP contribution >= 0.6 is 0 Å². The number of nitrogens with one attached hydrogen (secondary N) is 3. The predicted octanol–water partition coefficient (Wildman–Crippen LogP) is 4.05. The Labute approximate surface area is 369 Å². The molecular formula is C44H41F3N8O9S. The molecule has 3 N–H and O–H groups in total. The van der Waals surface area contributed by atoms with Crippen molar-refractivity contribution in [3.8, 4) is 22.6 Å². The molecule has 4 aliphatic heterocycles. The molecule has 17 nitrogen and oxygen atoms in total. The Morgan fingerprint density at radius 1 is 0.938 bits per heavy atom. The summed E-state index contributed by atoms with van der Waals surface area (Å²) in [5.41, 5.74) is 0.808. The summed E-state index contributed by atoms with van der Waals surface area (Å²) in [6.07, 6.45) is 1.54. The number of nitrogens with zero attached hydrogens (tertiary/aromatic N) is 5. The summed E-state index contributed by atoms with van der Waals surface area (Å²) >= 11 is 0. The van der Waals surface area contributed by atoms with Gasteiger partial charge >= 0.3 is 10.2 Å². The summed E-state index contributed by atoms with van der Waals surface area (Å²) in [5, 5.41) is 2.48. The van der Waals surface area contributed by atoms with E-state index in [9.17, 15) is 36.8 Å². The molecule has 4 aliphatic rings. The number of benzene rings is 3. The third-order valence-corrected chi connectivity index (χ3v) is 13.6. The normalized spacial score (nSPS) is 19.5. The first kappa shape index (κ1) is 43.4. The van der Waals surface area contributed by atoms with Gasteiger partial charge in [-0.2, -0.15) is 12.7 Å². The number of aromatic nitrogens is 2. The Morgan fingerprint density at radius 3 is 2.42 bits per heavy atom. The average molecular weight is 915 g/mol. The minimum Gasteiger partial charge on any atom is -0.496 e. The minimum atomic E-state index is -4.38. The van der Waals surface area contributed by atoms with Crippen molar-refractivity contribution in [2.24, 2.45) is 0 Å². The second kappa shape index (κ2) is 17.3. The van der Waals surface area contributed by atoms with E-state index in [0.717, 1.165) is 21.3 Å². The van der Waals surface area contributed by atoms with Gasteiger partial charge in [0.2, 0.25) is 17.6 Å². The highest BCUT2D eigenvalue weighted by atomic mass is 32.2. The molecule has 9 rings (SSSR count). The van der Waals surface area contributed by atoms with Crippen LogP contribution in [0.1, 0.15) is 55.9 Å². The van der Waals surface area contributed by atoms with Crippen LogP contribution in [-0.2, 0) is 19.8 Å². The lowest BCUT2D eigenvalue weighted by molar-refractivity contribution is -0.136. The minimum absolute atomic E-state index is 0.0136. The highest BCUT2D eigenvalue weighted by Gasteiger charge is 2.46. The number of rotatable bonds is 13. The smallest absolute Gasteiger partial charge is 0.301 e. The van der Waals surface area contributed by atoms with Gasteiger partial charge in [-0.1, -0.05) is 12.1 Å². The Bertz CT molecular complexity index is 2890.